The topological polar surface area (TPSA) is 306 Å². The minimum Gasteiger partial charge on any atom is -0.429 e. The van der Waals surface area contributed by atoms with E-state index in [2.05, 4.69) is 26.6 Å². The van der Waals surface area contributed by atoms with Gasteiger partial charge in [-0.15, -0.1) is 0 Å². The minimum atomic E-state index is -1.04. The second-order valence-corrected chi connectivity index (χ2v) is 12.9. The Kier molecular flexibility index (Phi) is 20.7. The number of nitro benzene ring substituents is 1. The van der Waals surface area contributed by atoms with Crippen molar-refractivity contribution in [2.45, 2.75) is 51.2 Å². The first kappa shape index (κ1) is 47.4. The molecule has 2 aromatic carbocycles. The maximum atomic E-state index is 13.2. The lowest BCUT2D eigenvalue weighted by Gasteiger charge is -2.19. The van der Waals surface area contributed by atoms with Crippen LogP contribution in [-0.4, -0.2) is 116 Å². The van der Waals surface area contributed by atoms with E-state index in [1.165, 1.54) is 36.4 Å². The zero-order chi connectivity index (χ0) is 43.7. The molecule has 0 radical (unpaired) electrons. The number of anilines is 1. The summed E-state index contributed by atoms with van der Waals surface area (Å²) in [7, 11) is 0. The third-order valence-electron chi connectivity index (χ3n) is 8.26. The SMILES string of the molecule is NC(=O)NCCC[C@H](NC(=O)CNC(=O)CCCCCNC(=O)COCCOCCN1C(=O)C=CC1=O)C(=O)Nc1ccc(COC(=O)Oc2ccc([N+](=O)[O-])cc2)cc1. The molecule has 0 fully saturated rings. The van der Waals surface area contributed by atoms with Gasteiger partial charge in [0.2, 0.25) is 23.6 Å². The molecule has 0 aromatic heterocycles. The predicted molar refractivity (Wildman–Crippen MR) is 210 cm³/mol. The summed E-state index contributed by atoms with van der Waals surface area (Å²) in [4.78, 5) is 107. The zero-order valence-corrected chi connectivity index (χ0v) is 32.6. The van der Waals surface area contributed by atoms with E-state index in [1.54, 1.807) is 24.3 Å². The first-order chi connectivity index (χ1) is 28.8. The third-order valence-corrected chi connectivity index (χ3v) is 8.26. The van der Waals surface area contributed by atoms with E-state index in [0.717, 1.165) is 4.90 Å². The number of nitrogens with two attached hydrogens (primary N) is 1. The lowest BCUT2D eigenvalue weighted by Crippen LogP contribution is -2.47. The number of urea groups is 1. The summed E-state index contributed by atoms with van der Waals surface area (Å²) in [5.74, 6) is -2.61. The number of nitrogens with one attached hydrogen (secondary N) is 5. The molecule has 1 aliphatic heterocycles. The number of ether oxygens (including phenoxy) is 4. The molecule has 324 valence electrons. The van der Waals surface area contributed by atoms with Crippen molar-refractivity contribution < 1.29 is 62.2 Å². The lowest BCUT2D eigenvalue weighted by atomic mass is 10.1. The molecule has 0 saturated carbocycles. The maximum absolute atomic E-state index is 13.2. The Morgan fingerprint density at radius 2 is 1.45 bits per heavy atom. The molecule has 8 amide bonds. The van der Waals surface area contributed by atoms with Crippen LogP contribution < -0.4 is 37.1 Å². The smallest absolute Gasteiger partial charge is 0.429 e. The van der Waals surface area contributed by atoms with Gasteiger partial charge in [0, 0.05) is 49.5 Å². The maximum Gasteiger partial charge on any atom is 0.514 e. The fourth-order valence-electron chi connectivity index (χ4n) is 5.18. The van der Waals surface area contributed by atoms with Gasteiger partial charge < -0.3 is 51.3 Å². The summed E-state index contributed by atoms with van der Waals surface area (Å²) >= 11 is 0. The highest BCUT2D eigenvalue weighted by Gasteiger charge is 2.23. The molecule has 7 N–H and O–H groups in total. The van der Waals surface area contributed by atoms with Gasteiger partial charge in [-0.1, -0.05) is 18.6 Å². The number of hydrogen-bond acceptors (Lipinski definition) is 14. The Hall–Kier alpha value is -6.94. The van der Waals surface area contributed by atoms with Crippen molar-refractivity contribution in [3.05, 3.63) is 76.4 Å². The molecule has 0 spiro atoms. The molecule has 60 heavy (non-hydrogen) atoms. The number of rotatable bonds is 27. The highest BCUT2D eigenvalue weighted by atomic mass is 16.7. The van der Waals surface area contributed by atoms with E-state index in [0.29, 0.717) is 37.1 Å². The van der Waals surface area contributed by atoms with Crippen LogP contribution in [0.15, 0.2) is 60.7 Å². The highest BCUT2D eigenvalue weighted by molar-refractivity contribution is 6.12. The van der Waals surface area contributed by atoms with Gasteiger partial charge in [-0.25, -0.2) is 9.59 Å². The number of hydrogen-bond donors (Lipinski definition) is 6. The quantitative estimate of drug-likeness (QED) is 0.0182. The number of imide groups is 1. The van der Waals surface area contributed by atoms with Crippen molar-refractivity contribution in [3.63, 3.8) is 0 Å². The van der Waals surface area contributed by atoms with Crippen LogP contribution in [-0.2, 0) is 49.6 Å². The fourth-order valence-corrected chi connectivity index (χ4v) is 5.18. The van der Waals surface area contributed by atoms with Crippen molar-refractivity contribution in [2.24, 2.45) is 5.73 Å². The van der Waals surface area contributed by atoms with Gasteiger partial charge in [0.05, 0.1) is 37.8 Å². The molecule has 0 bridgehead atoms. The average Bonchev–Trinajstić information content (AvgIpc) is 3.54. The van der Waals surface area contributed by atoms with Crippen molar-refractivity contribution in [1.29, 1.82) is 0 Å². The first-order valence-corrected chi connectivity index (χ1v) is 18.8. The van der Waals surface area contributed by atoms with Crippen LogP contribution in [0.4, 0.5) is 21.0 Å². The zero-order valence-electron chi connectivity index (χ0n) is 32.6. The summed E-state index contributed by atoms with van der Waals surface area (Å²) in [6.07, 6.45) is 3.62. The number of carbonyl (C=O) groups is 8. The number of benzene rings is 2. The lowest BCUT2D eigenvalue weighted by molar-refractivity contribution is -0.384. The number of unbranched alkanes of at least 4 members (excludes halogenated alkanes) is 2. The Balaban J connectivity index is 1.29. The van der Waals surface area contributed by atoms with Gasteiger partial charge >= 0.3 is 12.2 Å². The number of nitro groups is 1. The Labute approximate surface area is 344 Å². The molecular weight excluding hydrogens is 792 g/mol. The van der Waals surface area contributed by atoms with Crippen molar-refractivity contribution >= 4 is 59.0 Å². The third kappa shape index (κ3) is 19.0. The van der Waals surface area contributed by atoms with E-state index >= 15 is 0 Å². The van der Waals surface area contributed by atoms with E-state index in [1.807, 2.05) is 0 Å². The monoisotopic (exact) mass is 840 g/mol. The van der Waals surface area contributed by atoms with Crippen molar-refractivity contribution in [1.82, 2.24) is 26.2 Å². The van der Waals surface area contributed by atoms with E-state index in [4.69, 9.17) is 24.7 Å². The molecule has 2 aromatic rings. The van der Waals surface area contributed by atoms with Crippen LogP contribution in [0.2, 0.25) is 0 Å². The van der Waals surface area contributed by atoms with Crippen molar-refractivity contribution in [2.75, 3.05) is 57.9 Å². The summed E-state index contributed by atoms with van der Waals surface area (Å²) in [5.41, 5.74) is 5.84. The van der Waals surface area contributed by atoms with Crippen LogP contribution in [0.5, 0.6) is 5.75 Å². The van der Waals surface area contributed by atoms with E-state index in [-0.39, 0.29) is 107 Å². The molecule has 1 atom stereocenters. The first-order valence-electron chi connectivity index (χ1n) is 18.8. The standard InChI is InChI=1S/C38H48N8O14/c39-37(53)41-18-4-5-30(36(52)43-27-9-7-26(8-10-27)24-59-38(54)60-29-13-11-28(12-14-29)46(55)56)44-32(48)23-42-31(47)6-2-1-3-17-40-33(49)25-58-22-21-57-20-19-45-34(50)15-16-35(45)51/h7-16,30H,1-6,17-25H2,(H,40,49)(H,42,47)(H,43,52)(H,44,48)(H3,39,41,53)/t30-/m0/s1. The second-order valence-electron chi connectivity index (χ2n) is 12.9. The fraction of sp³-hybridized carbons (Fsp3) is 0.421. The molecule has 0 saturated heterocycles. The second kappa shape index (κ2) is 26.1. The summed E-state index contributed by atoms with van der Waals surface area (Å²) in [6.45, 7) is 0.391. The molecular formula is C38H48N8O14. The van der Waals surface area contributed by atoms with Crippen molar-refractivity contribution in [3.8, 4) is 5.75 Å². The van der Waals surface area contributed by atoms with Crippen LogP contribution in [0.25, 0.3) is 0 Å². The highest BCUT2D eigenvalue weighted by Crippen LogP contribution is 2.18. The molecule has 0 aliphatic carbocycles. The summed E-state index contributed by atoms with van der Waals surface area (Å²) < 4.78 is 20.6. The number of amides is 8. The van der Waals surface area contributed by atoms with Gasteiger partial charge in [-0.05, 0) is 55.5 Å². The number of nitrogens with zero attached hydrogens (tertiary/aromatic N) is 2. The normalized spacial score (nSPS) is 12.3. The van der Waals surface area contributed by atoms with E-state index < -0.39 is 35.0 Å². The number of carbonyl (C=O) groups excluding carboxylic acids is 8. The Morgan fingerprint density at radius 1 is 0.767 bits per heavy atom. The summed E-state index contributed by atoms with van der Waals surface area (Å²) in [5, 5.41) is 23.7. The van der Waals surface area contributed by atoms with Gasteiger partial charge in [0.1, 0.15) is 25.0 Å². The Bertz CT molecular complexity index is 1820. The largest absolute Gasteiger partial charge is 0.514 e. The van der Waals surface area contributed by atoms with Crippen LogP contribution in [0, 0.1) is 10.1 Å². The molecule has 1 aliphatic rings. The molecule has 22 nitrogen and oxygen atoms in total. The van der Waals surface area contributed by atoms with Crippen LogP contribution >= 0.6 is 0 Å². The minimum absolute atomic E-state index is 0.0557. The predicted octanol–water partition coefficient (Wildman–Crippen LogP) is 0.933. The van der Waals surface area contributed by atoms with Gasteiger partial charge in [-0.2, -0.15) is 0 Å². The van der Waals surface area contributed by atoms with E-state index in [9.17, 15) is 48.5 Å². The van der Waals surface area contributed by atoms with Crippen LogP contribution in [0.3, 0.4) is 0 Å². The van der Waals surface area contributed by atoms with Gasteiger partial charge in [0.25, 0.3) is 17.5 Å². The average molecular weight is 841 g/mol. The van der Waals surface area contributed by atoms with Gasteiger partial charge in [0.15, 0.2) is 0 Å². The Morgan fingerprint density at radius 3 is 2.13 bits per heavy atom. The molecule has 0 unspecified atom stereocenters. The number of primary amides is 1. The van der Waals surface area contributed by atoms with Gasteiger partial charge in [-0.3, -0.25) is 43.8 Å². The number of non-ortho nitro benzene ring substituents is 1. The summed E-state index contributed by atoms with van der Waals surface area (Å²) in [6, 6.07) is 9.32. The molecule has 3 rings (SSSR count). The molecule has 22 heteroatoms. The molecule has 1 heterocycles. The van der Waals surface area contributed by atoms with Crippen LogP contribution in [0.1, 0.15) is 44.1 Å².